The van der Waals surface area contributed by atoms with E-state index in [1.54, 1.807) is 7.05 Å². The van der Waals surface area contributed by atoms with Crippen molar-refractivity contribution in [3.8, 4) is 5.75 Å². The molecule has 0 unspecified atom stereocenters. The fourth-order valence-corrected chi connectivity index (χ4v) is 4.47. The van der Waals surface area contributed by atoms with Crippen LogP contribution in [0.1, 0.15) is 75.6 Å². The van der Waals surface area contributed by atoms with Crippen molar-refractivity contribution in [3.05, 3.63) is 29.2 Å². The zero-order chi connectivity index (χ0) is 21.5. The Kier molecular flexibility index (Phi) is 7.96. The Balaban J connectivity index is 1.65. The van der Waals surface area contributed by atoms with Crippen LogP contribution in [0.25, 0.3) is 5.70 Å². The van der Waals surface area contributed by atoms with Crippen LogP contribution in [0.15, 0.2) is 17.8 Å². The van der Waals surface area contributed by atoms with Crippen LogP contribution in [0.3, 0.4) is 0 Å². The number of hydrogen-bond donors (Lipinski definition) is 3. The van der Waals surface area contributed by atoms with Crippen LogP contribution < -0.4 is 21.6 Å². The summed E-state index contributed by atoms with van der Waals surface area (Å²) in [7, 11) is 1.72. The number of carbonyl (C=O) groups is 1. The maximum Gasteiger partial charge on any atom is 0.220 e. The molecular weight excluding hydrogens is 378 g/mol. The highest BCUT2D eigenvalue weighted by molar-refractivity contribution is 5.77. The number of carbonyl (C=O) groups excluding carboxylic acids is 1. The minimum atomic E-state index is 0.0504. The second kappa shape index (κ2) is 10.7. The molecule has 30 heavy (non-hydrogen) atoms. The maximum absolute atomic E-state index is 12.3. The number of aromatic nitrogens is 1. The summed E-state index contributed by atoms with van der Waals surface area (Å²) in [5.41, 5.74) is 8.95. The van der Waals surface area contributed by atoms with Gasteiger partial charge in [-0.25, -0.2) is 10.8 Å². The van der Waals surface area contributed by atoms with E-state index in [9.17, 15) is 4.79 Å². The zero-order valence-corrected chi connectivity index (χ0v) is 18.5. The third-order valence-corrected chi connectivity index (χ3v) is 6.30. The first-order chi connectivity index (χ1) is 14.4. The molecule has 2 aliphatic rings. The number of nitrogens with zero attached hydrogens (tertiary/aromatic N) is 2. The fourth-order valence-electron chi connectivity index (χ4n) is 4.47. The van der Waals surface area contributed by atoms with Crippen LogP contribution >= 0.6 is 0 Å². The zero-order valence-electron chi connectivity index (χ0n) is 18.5. The second-order valence-corrected chi connectivity index (χ2v) is 8.76. The normalized spacial score (nSPS) is 18.8. The van der Waals surface area contributed by atoms with Gasteiger partial charge in [-0.1, -0.05) is 19.3 Å². The van der Waals surface area contributed by atoms with E-state index in [1.807, 2.05) is 19.1 Å². The van der Waals surface area contributed by atoms with Crippen LogP contribution in [0.2, 0.25) is 0 Å². The first kappa shape index (κ1) is 22.4. The van der Waals surface area contributed by atoms with Crippen LogP contribution in [-0.2, 0) is 4.79 Å². The van der Waals surface area contributed by atoms with Gasteiger partial charge < -0.3 is 20.8 Å². The molecular formula is C23H37N5O2. The standard InChI is InChI=1S/C23H37N5O2/c1-16-21(30-18-10-4-3-5-11-18)13-12-19(27-16)23(24)20(28(2)25)15-26-22(29)14-17-8-6-7-9-17/h12-13,17-18H,3-11,14-15,24-25H2,1-2H3,(H,26,29)/b23-20-. The molecule has 166 valence electrons. The van der Waals surface area contributed by atoms with Crippen molar-refractivity contribution in [1.29, 1.82) is 0 Å². The number of pyridine rings is 1. The van der Waals surface area contributed by atoms with E-state index >= 15 is 0 Å². The Morgan fingerprint density at radius 1 is 1.17 bits per heavy atom. The van der Waals surface area contributed by atoms with Gasteiger partial charge in [-0.3, -0.25) is 4.79 Å². The SMILES string of the molecule is Cc1nc(/C(N)=C(\CNC(=O)CC2CCCC2)N(C)N)ccc1OC1CCCCC1. The summed E-state index contributed by atoms with van der Waals surface area (Å²) >= 11 is 0. The van der Waals surface area contributed by atoms with E-state index in [0.29, 0.717) is 29.4 Å². The minimum absolute atomic E-state index is 0.0504. The average Bonchev–Trinajstić information content (AvgIpc) is 3.23. The highest BCUT2D eigenvalue weighted by Crippen LogP contribution is 2.28. The summed E-state index contributed by atoms with van der Waals surface area (Å²) in [6, 6.07) is 3.80. The Morgan fingerprint density at radius 2 is 1.83 bits per heavy atom. The molecule has 1 heterocycles. The molecule has 1 amide bonds. The summed E-state index contributed by atoms with van der Waals surface area (Å²) < 4.78 is 6.16. The van der Waals surface area contributed by atoms with Crippen molar-refractivity contribution in [2.75, 3.05) is 13.6 Å². The molecule has 2 fully saturated rings. The summed E-state index contributed by atoms with van der Waals surface area (Å²) in [5.74, 6) is 7.38. The van der Waals surface area contributed by atoms with E-state index < -0.39 is 0 Å². The Bertz CT molecular complexity index is 750. The average molecular weight is 416 g/mol. The van der Waals surface area contributed by atoms with Crippen LogP contribution in [0.5, 0.6) is 5.75 Å². The monoisotopic (exact) mass is 415 g/mol. The Hall–Kier alpha value is -2.28. The summed E-state index contributed by atoms with van der Waals surface area (Å²) in [6.45, 7) is 2.22. The summed E-state index contributed by atoms with van der Waals surface area (Å²) in [6.07, 6.45) is 11.6. The molecule has 3 rings (SSSR count). The molecule has 0 bridgehead atoms. The molecule has 0 aromatic carbocycles. The predicted octanol–water partition coefficient (Wildman–Crippen LogP) is 3.23. The third-order valence-electron chi connectivity index (χ3n) is 6.30. The van der Waals surface area contributed by atoms with E-state index in [2.05, 4.69) is 10.3 Å². The molecule has 7 heteroatoms. The number of nitrogens with one attached hydrogen (secondary N) is 1. The predicted molar refractivity (Wildman–Crippen MR) is 119 cm³/mol. The van der Waals surface area contributed by atoms with Crippen LogP contribution in [-0.4, -0.2) is 35.6 Å². The number of hydrogen-bond acceptors (Lipinski definition) is 6. The quantitative estimate of drug-likeness (QED) is 0.444. The largest absolute Gasteiger partial charge is 0.489 e. The topological polar surface area (TPSA) is 106 Å². The maximum atomic E-state index is 12.3. The van der Waals surface area contributed by atoms with Gasteiger partial charge in [-0.2, -0.15) is 0 Å². The van der Waals surface area contributed by atoms with E-state index in [0.717, 1.165) is 37.1 Å². The molecule has 2 aliphatic carbocycles. The fraction of sp³-hybridized carbons (Fsp3) is 0.652. The van der Waals surface area contributed by atoms with Crippen molar-refractivity contribution < 1.29 is 9.53 Å². The van der Waals surface area contributed by atoms with Gasteiger partial charge >= 0.3 is 0 Å². The van der Waals surface area contributed by atoms with Crippen molar-refractivity contribution >= 4 is 11.6 Å². The molecule has 0 spiro atoms. The lowest BCUT2D eigenvalue weighted by Crippen LogP contribution is -2.36. The number of likely N-dealkylation sites (N-methyl/N-ethyl adjacent to an activating group) is 1. The van der Waals surface area contributed by atoms with Crippen LogP contribution in [0, 0.1) is 12.8 Å². The highest BCUT2D eigenvalue weighted by atomic mass is 16.5. The Morgan fingerprint density at radius 3 is 2.47 bits per heavy atom. The highest BCUT2D eigenvalue weighted by Gasteiger charge is 2.20. The van der Waals surface area contributed by atoms with E-state index in [4.69, 9.17) is 16.3 Å². The van der Waals surface area contributed by atoms with Gasteiger partial charge in [0.25, 0.3) is 0 Å². The molecule has 0 radical (unpaired) electrons. The molecule has 1 aromatic heterocycles. The number of ether oxygens (including phenoxy) is 1. The lowest BCUT2D eigenvalue weighted by Gasteiger charge is -2.24. The second-order valence-electron chi connectivity index (χ2n) is 8.76. The lowest BCUT2D eigenvalue weighted by atomic mass is 9.98. The number of nitrogens with two attached hydrogens (primary N) is 2. The van der Waals surface area contributed by atoms with Crippen LogP contribution in [0.4, 0.5) is 0 Å². The molecule has 0 saturated heterocycles. The molecule has 0 aliphatic heterocycles. The molecule has 1 aromatic rings. The lowest BCUT2D eigenvalue weighted by molar-refractivity contribution is -0.121. The minimum Gasteiger partial charge on any atom is -0.489 e. The van der Waals surface area contributed by atoms with Gasteiger partial charge in [-0.05, 0) is 63.5 Å². The molecule has 0 atom stereocenters. The van der Waals surface area contributed by atoms with E-state index in [-0.39, 0.29) is 18.6 Å². The van der Waals surface area contributed by atoms with Gasteiger partial charge in [-0.15, -0.1) is 0 Å². The van der Waals surface area contributed by atoms with Crippen molar-refractivity contribution in [2.45, 2.75) is 77.2 Å². The molecule has 2 saturated carbocycles. The summed E-state index contributed by atoms with van der Waals surface area (Å²) in [4.78, 5) is 17.0. The van der Waals surface area contributed by atoms with Gasteiger partial charge in [0.2, 0.25) is 5.91 Å². The third kappa shape index (κ3) is 6.11. The summed E-state index contributed by atoms with van der Waals surface area (Å²) in [5, 5.41) is 4.42. The first-order valence-electron chi connectivity index (χ1n) is 11.3. The van der Waals surface area contributed by atoms with Gasteiger partial charge in [0, 0.05) is 13.5 Å². The number of rotatable bonds is 8. The van der Waals surface area contributed by atoms with Gasteiger partial charge in [0.1, 0.15) is 5.75 Å². The molecule has 7 nitrogen and oxygen atoms in total. The number of amides is 1. The van der Waals surface area contributed by atoms with Crippen molar-refractivity contribution in [2.24, 2.45) is 17.5 Å². The smallest absolute Gasteiger partial charge is 0.220 e. The Labute approximate surface area is 180 Å². The van der Waals surface area contributed by atoms with E-state index in [1.165, 1.54) is 37.1 Å². The van der Waals surface area contributed by atoms with Crippen molar-refractivity contribution in [3.63, 3.8) is 0 Å². The number of aryl methyl sites for hydroxylation is 1. The number of hydrazine groups is 1. The van der Waals surface area contributed by atoms with Gasteiger partial charge in [0.15, 0.2) is 0 Å². The van der Waals surface area contributed by atoms with Gasteiger partial charge in [0.05, 0.1) is 35.4 Å². The molecule has 5 N–H and O–H groups in total. The first-order valence-corrected chi connectivity index (χ1v) is 11.3. The van der Waals surface area contributed by atoms with Crippen molar-refractivity contribution in [1.82, 2.24) is 15.3 Å².